The summed E-state index contributed by atoms with van der Waals surface area (Å²) in [6.07, 6.45) is 9.19. The molecule has 0 aliphatic carbocycles. The minimum Gasteiger partial charge on any atom is -0.352 e. The summed E-state index contributed by atoms with van der Waals surface area (Å²) in [5.41, 5.74) is 7.74. The van der Waals surface area contributed by atoms with Gasteiger partial charge in [-0.2, -0.15) is 5.10 Å². The van der Waals surface area contributed by atoms with Gasteiger partial charge in [0.1, 0.15) is 11.2 Å². The Hall–Kier alpha value is -4.33. The van der Waals surface area contributed by atoms with Crippen LogP contribution in [0.25, 0.3) is 50.4 Å². The zero-order valence-electron chi connectivity index (χ0n) is 16.0. The second-order valence-electron chi connectivity index (χ2n) is 7.11. The summed E-state index contributed by atoms with van der Waals surface area (Å²) < 4.78 is 1.97. The number of rotatable bonds is 3. The van der Waals surface area contributed by atoms with Gasteiger partial charge in [-0.25, -0.2) is 9.97 Å². The van der Waals surface area contributed by atoms with Crippen LogP contribution in [-0.4, -0.2) is 39.7 Å². The molecule has 0 radical (unpaired) electrons. The van der Waals surface area contributed by atoms with E-state index < -0.39 is 0 Å². The highest BCUT2D eigenvalue weighted by molar-refractivity contribution is 5.96. The summed E-state index contributed by atoms with van der Waals surface area (Å²) in [5.74, 6) is 0. The molecule has 0 bridgehead atoms. The summed E-state index contributed by atoms with van der Waals surface area (Å²) in [4.78, 5) is 21.4. The summed E-state index contributed by atoms with van der Waals surface area (Å²) in [7, 11) is 0. The molecule has 8 nitrogen and oxygen atoms in total. The number of fused-ring (bicyclic) bond motifs is 2. The minimum atomic E-state index is 0.756. The molecule has 2 N–H and O–H groups in total. The SMILES string of the molecule is Cc1cn(-c2cncc3[nH]c(-c4n[nH]c5ccc(-c6ccccn6)nc45)cc23)cn1. The number of pyridine rings is 3. The molecule has 0 amide bonds. The molecule has 6 heterocycles. The molecule has 0 aliphatic heterocycles. The number of nitrogens with zero attached hydrogens (tertiary/aromatic N) is 6. The molecule has 0 aromatic carbocycles. The molecule has 30 heavy (non-hydrogen) atoms. The van der Waals surface area contributed by atoms with Crippen LogP contribution in [-0.2, 0) is 0 Å². The molecule has 6 aromatic rings. The average molecular weight is 392 g/mol. The topological polar surface area (TPSA) is 101 Å². The van der Waals surface area contributed by atoms with Gasteiger partial charge < -0.3 is 9.55 Å². The molecular formula is C22H16N8. The molecular weight excluding hydrogens is 376 g/mol. The highest BCUT2D eigenvalue weighted by Gasteiger charge is 2.16. The van der Waals surface area contributed by atoms with Crippen LogP contribution in [0.4, 0.5) is 0 Å². The number of aromatic amines is 2. The number of hydrogen-bond acceptors (Lipinski definition) is 5. The number of nitrogens with one attached hydrogen (secondary N) is 2. The van der Waals surface area contributed by atoms with Crippen LogP contribution in [0.1, 0.15) is 5.69 Å². The highest BCUT2D eigenvalue weighted by atomic mass is 15.1. The van der Waals surface area contributed by atoms with Gasteiger partial charge in [0.2, 0.25) is 0 Å². The molecule has 0 saturated carbocycles. The van der Waals surface area contributed by atoms with Gasteiger partial charge in [-0.15, -0.1) is 0 Å². The fourth-order valence-electron chi connectivity index (χ4n) is 3.67. The van der Waals surface area contributed by atoms with E-state index in [1.54, 1.807) is 12.5 Å². The van der Waals surface area contributed by atoms with Crippen molar-refractivity contribution in [3.05, 3.63) is 73.2 Å². The van der Waals surface area contributed by atoms with Crippen molar-refractivity contribution in [2.24, 2.45) is 0 Å². The van der Waals surface area contributed by atoms with Gasteiger partial charge >= 0.3 is 0 Å². The van der Waals surface area contributed by atoms with E-state index in [4.69, 9.17) is 4.98 Å². The fourth-order valence-corrected chi connectivity index (χ4v) is 3.67. The van der Waals surface area contributed by atoms with E-state index >= 15 is 0 Å². The lowest BCUT2D eigenvalue weighted by atomic mass is 10.2. The first-order valence-electron chi connectivity index (χ1n) is 9.51. The molecule has 0 unspecified atom stereocenters. The van der Waals surface area contributed by atoms with Crippen molar-refractivity contribution in [2.45, 2.75) is 6.92 Å². The molecule has 0 atom stereocenters. The minimum absolute atomic E-state index is 0.756. The Balaban J connectivity index is 1.52. The van der Waals surface area contributed by atoms with Gasteiger partial charge in [0, 0.05) is 17.8 Å². The monoisotopic (exact) mass is 392 g/mol. The maximum absolute atomic E-state index is 4.83. The van der Waals surface area contributed by atoms with Gasteiger partial charge in [0.25, 0.3) is 0 Å². The van der Waals surface area contributed by atoms with E-state index in [9.17, 15) is 0 Å². The van der Waals surface area contributed by atoms with Crippen molar-refractivity contribution >= 4 is 21.9 Å². The zero-order valence-corrected chi connectivity index (χ0v) is 16.0. The largest absolute Gasteiger partial charge is 0.352 e. The number of H-pyrrole nitrogens is 2. The molecule has 6 rings (SSSR count). The van der Waals surface area contributed by atoms with Gasteiger partial charge in [0.15, 0.2) is 0 Å². The lowest BCUT2D eigenvalue weighted by molar-refractivity contribution is 1.05. The van der Waals surface area contributed by atoms with Crippen LogP contribution >= 0.6 is 0 Å². The molecule has 8 heteroatoms. The third-order valence-electron chi connectivity index (χ3n) is 5.10. The standard InChI is InChI=1S/C22H16N8/c1-13-11-30(12-25-13)20-10-23-9-19-14(20)8-18(26-19)22-21-17(28-29-22)6-5-16(27-21)15-4-2-3-7-24-15/h2-12,26H,1H3,(H,28,29). The first-order valence-corrected chi connectivity index (χ1v) is 9.51. The second-order valence-corrected chi connectivity index (χ2v) is 7.11. The molecule has 0 saturated heterocycles. The van der Waals surface area contributed by atoms with Crippen molar-refractivity contribution in [3.8, 4) is 28.5 Å². The van der Waals surface area contributed by atoms with E-state index in [0.717, 1.165) is 56.1 Å². The van der Waals surface area contributed by atoms with Crippen molar-refractivity contribution in [1.82, 2.24) is 39.7 Å². The summed E-state index contributed by atoms with van der Waals surface area (Å²) >= 11 is 0. The Kier molecular flexibility index (Phi) is 3.51. The summed E-state index contributed by atoms with van der Waals surface area (Å²) in [6.45, 7) is 1.97. The maximum Gasteiger partial charge on any atom is 0.135 e. The van der Waals surface area contributed by atoms with Crippen molar-refractivity contribution in [1.29, 1.82) is 0 Å². The number of aromatic nitrogens is 8. The predicted molar refractivity (Wildman–Crippen MR) is 114 cm³/mol. The molecule has 0 fully saturated rings. The van der Waals surface area contributed by atoms with Gasteiger partial charge in [-0.3, -0.25) is 15.1 Å². The van der Waals surface area contributed by atoms with Crippen LogP contribution in [0, 0.1) is 6.92 Å². The van der Waals surface area contributed by atoms with Gasteiger partial charge in [0.05, 0.1) is 58.2 Å². The van der Waals surface area contributed by atoms with Crippen LogP contribution in [0.5, 0.6) is 0 Å². The van der Waals surface area contributed by atoms with Gasteiger partial charge in [-0.05, 0) is 37.3 Å². The Morgan fingerprint density at radius 2 is 1.93 bits per heavy atom. The average Bonchev–Trinajstić information content (AvgIpc) is 3.51. The fraction of sp³-hybridized carbons (Fsp3) is 0.0455. The third-order valence-corrected chi connectivity index (χ3v) is 5.10. The zero-order chi connectivity index (χ0) is 20.1. The lowest BCUT2D eigenvalue weighted by Crippen LogP contribution is -1.91. The number of imidazole rings is 1. The van der Waals surface area contributed by atoms with Crippen LogP contribution in [0.15, 0.2) is 67.5 Å². The summed E-state index contributed by atoms with van der Waals surface area (Å²) in [6, 6.07) is 11.8. The Morgan fingerprint density at radius 1 is 0.967 bits per heavy atom. The smallest absolute Gasteiger partial charge is 0.135 e. The van der Waals surface area contributed by atoms with E-state index in [0.29, 0.717) is 0 Å². The Bertz CT molecular complexity index is 1510. The molecule has 6 aromatic heterocycles. The molecule has 0 spiro atoms. The van der Waals surface area contributed by atoms with Crippen LogP contribution < -0.4 is 0 Å². The Morgan fingerprint density at radius 3 is 2.77 bits per heavy atom. The number of aryl methyl sites for hydroxylation is 1. The van der Waals surface area contributed by atoms with Crippen molar-refractivity contribution < 1.29 is 0 Å². The highest BCUT2D eigenvalue weighted by Crippen LogP contribution is 2.31. The lowest BCUT2D eigenvalue weighted by Gasteiger charge is -2.02. The normalized spacial score (nSPS) is 11.5. The first kappa shape index (κ1) is 16.6. The summed E-state index contributed by atoms with van der Waals surface area (Å²) in [5, 5.41) is 8.64. The quantitative estimate of drug-likeness (QED) is 0.473. The van der Waals surface area contributed by atoms with Crippen molar-refractivity contribution in [3.63, 3.8) is 0 Å². The van der Waals surface area contributed by atoms with E-state index in [1.165, 1.54) is 0 Å². The van der Waals surface area contributed by atoms with Crippen LogP contribution in [0.2, 0.25) is 0 Å². The maximum atomic E-state index is 4.83. The number of hydrogen-bond donors (Lipinski definition) is 2. The second kappa shape index (κ2) is 6.35. The van der Waals surface area contributed by atoms with E-state index in [-0.39, 0.29) is 0 Å². The molecule has 0 aliphatic rings. The molecule has 144 valence electrons. The Labute approximate surface area is 170 Å². The van der Waals surface area contributed by atoms with E-state index in [2.05, 4.69) is 36.2 Å². The predicted octanol–water partition coefficient (Wildman–Crippen LogP) is 4.06. The third kappa shape index (κ3) is 2.58. The first-order chi connectivity index (χ1) is 14.8. The van der Waals surface area contributed by atoms with Crippen molar-refractivity contribution in [2.75, 3.05) is 0 Å². The van der Waals surface area contributed by atoms with Crippen LogP contribution in [0.3, 0.4) is 0 Å². The van der Waals surface area contributed by atoms with Gasteiger partial charge in [-0.1, -0.05) is 6.07 Å². The van der Waals surface area contributed by atoms with E-state index in [1.807, 2.05) is 60.4 Å².